The number of nitrogens with zero attached hydrogens (tertiary/aromatic N) is 5. The maximum absolute atomic E-state index is 12.5. The molecule has 7 heteroatoms. The number of rotatable bonds is 4. The molecule has 0 aliphatic carbocycles. The summed E-state index contributed by atoms with van der Waals surface area (Å²) in [6.07, 6.45) is 2.10. The van der Waals surface area contributed by atoms with Crippen LogP contribution in [-0.2, 0) is 16.0 Å². The Morgan fingerprint density at radius 1 is 0.889 bits per heavy atom. The summed E-state index contributed by atoms with van der Waals surface area (Å²) < 4.78 is 5.41. The van der Waals surface area contributed by atoms with Gasteiger partial charge < -0.3 is 19.4 Å². The van der Waals surface area contributed by atoms with Crippen LogP contribution in [0.25, 0.3) is 0 Å². The number of piperazine rings is 1. The molecule has 2 aliphatic heterocycles. The largest absolute Gasteiger partial charge is 0.378 e. The molecular formula is C20H25N5O2. The standard InChI is InChI=1S/C20H25N5O2/c26-20(14-17-4-2-1-3-5-17)25-8-6-23(7-9-25)18-15-19(22-16-21-18)24-10-12-27-13-11-24/h1-5,15-16H,6-14H2. The van der Waals surface area contributed by atoms with Crippen LogP contribution < -0.4 is 9.80 Å². The lowest BCUT2D eigenvalue weighted by atomic mass is 10.1. The molecule has 0 unspecified atom stereocenters. The van der Waals surface area contributed by atoms with E-state index >= 15 is 0 Å². The second kappa shape index (κ2) is 8.35. The Balaban J connectivity index is 1.34. The molecule has 0 bridgehead atoms. The Labute approximate surface area is 159 Å². The van der Waals surface area contributed by atoms with Gasteiger partial charge in [-0.2, -0.15) is 0 Å². The molecule has 0 spiro atoms. The van der Waals surface area contributed by atoms with E-state index in [-0.39, 0.29) is 5.91 Å². The molecule has 4 rings (SSSR count). The summed E-state index contributed by atoms with van der Waals surface area (Å²) in [5.41, 5.74) is 1.07. The van der Waals surface area contributed by atoms with Crippen LogP contribution in [0.4, 0.5) is 11.6 Å². The van der Waals surface area contributed by atoms with Gasteiger partial charge in [0, 0.05) is 45.3 Å². The summed E-state index contributed by atoms with van der Waals surface area (Å²) >= 11 is 0. The van der Waals surface area contributed by atoms with Gasteiger partial charge in [-0.05, 0) is 5.56 Å². The molecule has 27 heavy (non-hydrogen) atoms. The molecule has 2 aliphatic rings. The molecule has 0 saturated carbocycles. The minimum atomic E-state index is 0.192. The highest BCUT2D eigenvalue weighted by atomic mass is 16.5. The average molecular weight is 367 g/mol. The van der Waals surface area contributed by atoms with Crippen molar-refractivity contribution in [3.63, 3.8) is 0 Å². The first-order valence-corrected chi connectivity index (χ1v) is 9.51. The van der Waals surface area contributed by atoms with Crippen molar-refractivity contribution in [2.24, 2.45) is 0 Å². The SMILES string of the molecule is O=C(Cc1ccccc1)N1CCN(c2cc(N3CCOCC3)ncn2)CC1. The summed E-state index contributed by atoms with van der Waals surface area (Å²) in [5, 5.41) is 0. The number of anilines is 2. The van der Waals surface area contributed by atoms with Gasteiger partial charge in [-0.15, -0.1) is 0 Å². The van der Waals surface area contributed by atoms with Crippen molar-refractivity contribution in [3.8, 4) is 0 Å². The highest BCUT2D eigenvalue weighted by Crippen LogP contribution is 2.20. The molecule has 7 nitrogen and oxygen atoms in total. The lowest BCUT2D eigenvalue weighted by molar-refractivity contribution is -0.130. The van der Waals surface area contributed by atoms with Crippen molar-refractivity contribution in [2.45, 2.75) is 6.42 Å². The van der Waals surface area contributed by atoms with Gasteiger partial charge in [0.2, 0.25) is 5.91 Å². The van der Waals surface area contributed by atoms with Crippen LogP contribution in [-0.4, -0.2) is 73.3 Å². The van der Waals surface area contributed by atoms with Crippen LogP contribution in [0.15, 0.2) is 42.7 Å². The Kier molecular flexibility index (Phi) is 5.48. The van der Waals surface area contributed by atoms with E-state index in [1.54, 1.807) is 6.33 Å². The van der Waals surface area contributed by atoms with Crippen LogP contribution in [0.5, 0.6) is 0 Å². The van der Waals surface area contributed by atoms with E-state index in [0.717, 1.165) is 69.7 Å². The van der Waals surface area contributed by atoms with E-state index in [1.165, 1.54) is 0 Å². The number of benzene rings is 1. The number of carbonyl (C=O) groups excluding carboxylic acids is 1. The second-order valence-corrected chi connectivity index (χ2v) is 6.86. The van der Waals surface area contributed by atoms with Gasteiger partial charge >= 0.3 is 0 Å². The van der Waals surface area contributed by atoms with Gasteiger partial charge in [-0.25, -0.2) is 9.97 Å². The molecule has 1 amide bonds. The zero-order valence-corrected chi connectivity index (χ0v) is 15.5. The third-order valence-corrected chi connectivity index (χ3v) is 5.13. The Morgan fingerprint density at radius 2 is 1.52 bits per heavy atom. The minimum absolute atomic E-state index is 0.192. The lowest BCUT2D eigenvalue weighted by Crippen LogP contribution is -2.49. The smallest absolute Gasteiger partial charge is 0.227 e. The fourth-order valence-electron chi connectivity index (χ4n) is 3.54. The molecule has 1 aromatic carbocycles. The number of amides is 1. The number of aromatic nitrogens is 2. The van der Waals surface area contributed by atoms with E-state index in [4.69, 9.17) is 4.74 Å². The first-order valence-electron chi connectivity index (χ1n) is 9.51. The third-order valence-electron chi connectivity index (χ3n) is 5.13. The molecule has 2 saturated heterocycles. The Bertz CT molecular complexity index is 756. The van der Waals surface area contributed by atoms with Crippen molar-refractivity contribution in [1.29, 1.82) is 0 Å². The molecule has 2 fully saturated rings. The van der Waals surface area contributed by atoms with Crippen molar-refractivity contribution in [2.75, 3.05) is 62.3 Å². The fraction of sp³-hybridized carbons (Fsp3) is 0.450. The van der Waals surface area contributed by atoms with Gasteiger partial charge in [0.05, 0.1) is 19.6 Å². The zero-order valence-electron chi connectivity index (χ0n) is 15.5. The predicted molar refractivity (Wildman–Crippen MR) is 104 cm³/mol. The molecule has 142 valence electrons. The maximum Gasteiger partial charge on any atom is 0.227 e. The van der Waals surface area contributed by atoms with E-state index < -0.39 is 0 Å². The van der Waals surface area contributed by atoms with E-state index in [0.29, 0.717) is 6.42 Å². The summed E-state index contributed by atoms with van der Waals surface area (Å²) in [6.45, 7) is 6.23. The molecule has 0 N–H and O–H groups in total. The van der Waals surface area contributed by atoms with E-state index in [2.05, 4.69) is 19.8 Å². The average Bonchev–Trinajstić information content (AvgIpc) is 2.75. The van der Waals surface area contributed by atoms with Gasteiger partial charge in [0.1, 0.15) is 18.0 Å². The number of carbonyl (C=O) groups is 1. The summed E-state index contributed by atoms with van der Waals surface area (Å²) in [6, 6.07) is 12.0. The summed E-state index contributed by atoms with van der Waals surface area (Å²) in [4.78, 5) is 27.8. The molecule has 2 aromatic rings. The second-order valence-electron chi connectivity index (χ2n) is 6.86. The lowest BCUT2D eigenvalue weighted by Gasteiger charge is -2.36. The highest BCUT2D eigenvalue weighted by molar-refractivity contribution is 5.79. The molecule has 1 aromatic heterocycles. The van der Waals surface area contributed by atoms with Crippen molar-refractivity contribution in [3.05, 3.63) is 48.3 Å². The Morgan fingerprint density at radius 3 is 2.19 bits per heavy atom. The molecular weight excluding hydrogens is 342 g/mol. The first-order chi connectivity index (χ1) is 13.3. The summed E-state index contributed by atoms with van der Waals surface area (Å²) in [7, 11) is 0. The zero-order chi connectivity index (χ0) is 18.5. The topological polar surface area (TPSA) is 61.8 Å². The Hall–Kier alpha value is -2.67. The monoisotopic (exact) mass is 367 g/mol. The predicted octanol–water partition coefficient (Wildman–Crippen LogP) is 1.20. The number of hydrogen-bond donors (Lipinski definition) is 0. The minimum Gasteiger partial charge on any atom is -0.378 e. The molecule has 0 atom stereocenters. The summed E-state index contributed by atoms with van der Waals surface area (Å²) in [5.74, 6) is 2.07. The molecule has 3 heterocycles. The van der Waals surface area contributed by atoms with Gasteiger partial charge in [-0.3, -0.25) is 4.79 Å². The van der Waals surface area contributed by atoms with Crippen LogP contribution in [0.1, 0.15) is 5.56 Å². The van der Waals surface area contributed by atoms with Crippen molar-refractivity contribution in [1.82, 2.24) is 14.9 Å². The van der Waals surface area contributed by atoms with E-state index in [1.807, 2.05) is 41.3 Å². The van der Waals surface area contributed by atoms with Gasteiger partial charge in [0.15, 0.2) is 0 Å². The van der Waals surface area contributed by atoms with Crippen LogP contribution in [0, 0.1) is 0 Å². The molecule has 0 radical (unpaired) electrons. The fourth-order valence-corrected chi connectivity index (χ4v) is 3.54. The normalized spacial score (nSPS) is 17.9. The van der Waals surface area contributed by atoms with Gasteiger partial charge in [-0.1, -0.05) is 30.3 Å². The number of morpholine rings is 1. The van der Waals surface area contributed by atoms with Gasteiger partial charge in [0.25, 0.3) is 0 Å². The number of ether oxygens (including phenoxy) is 1. The van der Waals surface area contributed by atoms with Crippen LogP contribution >= 0.6 is 0 Å². The van der Waals surface area contributed by atoms with Crippen molar-refractivity contribution >= 4 is 17.5 Å². The quantitative estimate of drug-likeness (QED) is 0.809. The third kappa shape index (κ3) is 4.36. The van der Waals surface area contributed by atoms with E-state index in [9.17, 15) is 4.79 Å². The maximum atomic E-state index is 12.5. The van der Waals surface area contributed by atoms with Crippen LogP contribution in [0.3, 0.4) is 0 Å². The van der Waals surface area contributed by atoms with Crippen LogP contribution in [0.2, 0.25) is 0 Å². The van der Waals surface area contributed by atoms with Crippen molar-refractivity contribution < 1.29 is 9.53 Å². The first kappa shape index (κ1) is 17.7. The highest BCUT2D eigenvalue weighted by Gasteiger charge is 2.23. The number of hydrogen-bond acceptors (Lipinski definition) is 6.